The Bertz CT molecular complexity index is 1080. The fourth-order valence-corrected chi connectivity index (χ4v) is 4.09. The van der Waals surface area contributed by atoms with E-state index in [2.05, 4.69) is 20.8 Å². The van der Waals surface area contributed by atoms with Crippen molar-refractivity contribution in [3.05, 3.63) is 46.2 Å². The Morgan fingerprint density at radius 2 is 1.90 bits per heavy atom. The molecule has 1 aliphatic rings. The standard InChI is InChI=1S/C17H18ClF2N5O4S/c1-30(28,29)25-6-4-9(5-7-25)22-17(27)15-12(8-21-24-15)23-16(26)13-11(19)3-2-10(18)14(13)20/h2-3,8-9H,4-7H2,1H3,(H,21,24)(H,22,27)(H,23,26). The van der Waals surface area contributed by atoms with Crippen LogP contribution in [0.5, 0.6) is 0 Å². The average Bonchev–Trinajstić information content (AvgIpc) is 3.13. The molecule has 0 saturated carbocycles. The van der Waals surface area contributed by atoms with Crippen LogP contribution in [0.1, 0.15) is 33.7 Å². The maximum Gasteiger partial charge on any atom is 0.271 e. The van der Waals surface area contributed by atoms with E-state index in [9.17, 15) is 26.8 Å². The van der Waals surface area contributed by atoms with Gasteiger partial charge in [-0.2, -0.15) is 5.10 Å². The van der Waals surface area contributed by atoms with Gasteiger partial charge < -0.3 is 10.6 Å². The van der Waals surface area contributed by atoms with E-state index in [0.29, 0.717) is 12.8 Å². The van der Waals surface area contributed by atoms with E-state index in [-0.39, 0.29) is 30.5 Å². The molecule has 0 aliphatic carbocycles. The predicted molar refractivity (Wildman–Crippen MR) is 105 cm³/mol. The number of aromatic amines is 1. The minimum atomic E-state index is -3.29. The van der Waals surface area contributed by atoms with E-state index >= 15 is 0 Å². The fourth-order valence-electron chi connectivity index (χ4n) is 3.06. The highest BCUT2D eigenvalue weighted by molar-refractivity contribution is 7.88. The second kappa shape index (κ2) is 8.66. The number of hydrogen-bond donors (Lipinski definition) is 3. The maximum atomic E-state index is 14.0. The van der Waals surface area contributed by atoms with Gasteiger partial charge in [0, 0.05) is 19.1 Å². The molecule has 9 nitrogen and oxygen atoms in total. The van der Waals surface area contributed by atoms with Crippen LogP contribution in [-0.2, 0) is 10.0 Å². The van der Waals surface area contributed by atoms with Crippen molar-refractivity contribution in [3.63, 3.8) is 0 Å². The Hall–Kier alpha value is -2.57. The molecule has 3 rings (SSSR count). The van der Waals surface area contributed by atoms with E-state index in [1.54, 1.807) is 0 Å². The first kappa shape index (κ1) is 22.1. The van der Waals surface area contributed by atoms with Gasteiger partial charge in [-0.15, -0.1) is 0 Å². The summed E-state index contributed by atoms with van der Waals surface area (Å²) >= 11 is 5.59. The summed E-state index contributed by atoms with van der Waals surface area (Å²) in [6, 6.07) is 1.55. The zero-order valence-electron chi connectivity index (χ0n) is 15.7. The van der Waals surface area contributed by atoms with Crippen molar-refractivity contribution in [3.8, 4) is 0 Å². The van der Waals surface area contributed by atoms with E-state index in [0.717, 1.165) is 24.6 Å². The predicted octanol–water partition coefficient (Wildman–Crippen LogP) is 1.75. The molecule has 0 unspecified atom stereocenters. The number of anilines is 1. The minimum Gasteiger partial charge on any atom is -0.348 e. The van der Waals surface area contributed by atoms with Gasteiger partial charge >= 0.3 is 0 Å². The molecule has 0 bridgehead atoms. The zero-order valence-corrected chi connectivity index (χ0v) is 17.3. The number of benzene rings is 1. The van der Waals surface area contributed by atoms with Gasteiger partial charge in [0.15, 0.2) is 5.82 Å². The molecule has 1 aromatic heterocycles. The van der Waals surface area contributed by atoms with Crippen LogP contribution in [0.2, 0.25) is 5.02 Å². The van der Waals surface area contributed by atoms with Gasteiger partial charge in [-0.3, -0.25) is 14.7 Å². The minimum absolute atomic E-state index is 0.0788. The Morgan fingerprint density at radius 3 is 2.53 bits per heavy atom. The summed E-state index contributed by atoms with van der Waals surface area (Å²) in [6.07, 6.45) is 3.07. The third kappa shape index (κ3) is 4.77. The summed E-state index contributed by atoms with van der Waals surface area (Å²) in [5.41, 5.74) is -1.08. The highest BCUT2D eigenvalue weighted by Crippen LogP contribution is 2.23. The summed E-state index contributed by atoms with van der Waals surface area (Å²) in [6.45, 7) is 0.535. The summed E-state index contributed by atoms with van der Waals surface area (Å²) in [7, 11) is -3.29. The molecular formula is C17H18ClF2N5O4S. The van der Waals surface area contributed by atoms with Crippen LogP contribution in [0.4, 0.5) is 14.5 Å². The van der Waals surface area contributed by atoms with E-state index in [1.165, 1.54) is 4.31 Å². The first-order chi connectivity index (χ1) is 14.1. The smallest absolute Gasteiger partial charge is 0.271 e. The number of halogens is 3. The number of nitrogens with one attached hydrogen (secondary N) is 3. The third-order valence-corrected chi connectivity index (χ3v) is 6.24. The first-order valence-corrected chi connectivity index (χ1v) is 11.0. The molecule has 1 aliphatic heterocycles. The summed E-state index contributed by atoms with van der Waals surface area (Å²) < 4.78 is 52.4. The Balaban J connectivity index is 1.68. The van der Waals surface area contributed by atoms with Crippen molar-refractivity contribution in [2.45, 2.75) is 18.9 Å². The van der Waals surface area contributed by atoms with Gasteiger partial charge in [0.1, 0.15) is 17.1 Å². The normalized spacial score (nSPS) is 15.7. The number of sulfonamides is 1. The van der Waals surface area contributed by atoms with Crippen LogP contribution in [-0.4, -0.2) is 60.1 Å². The van der Waals surface area contributed by atoms with Crippen LogP contribution in [0.15, 0.2) is 18.3 Å². The highest BCUT2D eigenvalue weighted by Gasteiger charge is 2.28. The SMILES string of the molecule is CS(=O)(=O)N1CCC(NC(=O)c2[nH]ncc2NC(=O)c2c(F)ccc(Cl)c2F)CC1. The summed E-state index contributed by atoms with van der Waals surface area (Å²) in [5, 5.41) is 10.7. The van der Waals surface area contributed by atoms with E-state index in [1.807, 2.05) is 0 Å². The molecule has 3 N–H and O–H groups in total. The van der Waals surface area contributed by atoms with Crippen molar-refractivity contribution in [1.29, 1.82) is 0 Å². The average molecular weight is 462 g/mol. The number of carbonyl (C=O) groups excluding carboxylic acids is 2. The summed E-state index contributed by atoms with van der Waals surface area (Å²) in [5.74, 6) is -4.07. The Labute approximate surface area is 175 Å². The lowest BCUT2D eigenvalue weighted by Gasteiger charge is -2.30. The van der Waals surface area contributed by atoms with Gasteiger partial charge in [0.2, 0.25) is 10.0 Å². The Morgan fingerprint density at radius 1 is 1.23 bits per heavy atom. The van der Waals surface area contributed by atoms with Crippen molar-refractivity contribution in [2.75, 3.05) is 24.7 Å². The topological polar surface area (TPSA) is 124 Å². The number of amides is 2. The molecular weight excluding hydrogens is 444 g/mol. The van der Waals surface area contributed by atoms with Gasteiger partial charge in [0.05, 0.1) is 23.2 Å². The van der Waals surface area contributed by atoms with Gasteiger partial charge in [0.25, 0.3) is 11.8 Å². The maximum absolute atomic E-state index is 14.0. The third-order valence-electron chi connectivity index (χ3n) is 4.64. The number of piperidine rings is 1. The van der Waals surface area contributed by atoms with E-state index < -0.39 is 44.1 Å². The highest BCUT2D eigenvalue weighted by atomic mass is 35.5. The Kier molecular flexibility index (Phi) is 6.38. The van der Waals surface area contributed by atoms with Crippen molar-refractivity contribution < 1.29 is 26.8 Å². The monoisotopic (exact) mass is 461 g/mol. The molecule has 2 amide bonds. The van der Waals surface area contributed by atoms with Crippen LogP contribution < -0.4 is 10.6 Å². The zero-order chi connectivity index (χ0) is 22.1. The van der Waals surface area contributed by atoms with Crippen LogP contribution >= 0.6 is 11.6 Å². The number of carbonyl (C=O) groups is 2. The molecule has 2 heterocycles. The van der Waals surface area contributed by atoms with E-state index in [4.69, 9.17) is 11.6 Å². The van der Waals surface area contributed by atoms with Crippen molar-refractivity contribution in [1.82, 2.24) is 19.8 Å². The lowest BCUT2D eigenvalue weighted by atomic mass is 10.1. The van der Waals surface area contributed by atoms with Gasteiger partial charge in [-0.05, 0) is 25.0 Å². The molecule has 0 atom stereocenters. The lowest BCUT2D eigenvalue weighted by molar-refractivity contribution is 0.0919. The molecule has 0 spiro atoms. The number of nitrogens with zero attached hydrogens (tertiary/aromatic N) is 2. The van der Waals surface area contributed by atoms with Crippen LogP contribution in [0.25, 0.3) is 0 Å². The summed E-state index contributed by atoms with van der Waals surface area (Å²) in [4.78, 5) is 24.9. The lowest BCUT2D eigenvalue weighted by Crippen LogP contribution is -2.46. The number of aromatic nitrogens is 2. The van der Waals surface area contributed by atoms with Crippen molar-refractivity contribution >= 4 is 39.1 Å². The molecule has 162 valence electrons. The quantitative estimate of drug-likeness (QED) is 0.585. The van der Waals surface area contributed by atoms with Gasteiger partial charge in [-0.1, -0.05) is 11.6 Å². The number of hydrogen-bond acceptors (Lipinski definition) is 5. The number of rotatable bonds is 5. The molecule has 1 saturated heterocycles. The molecule has 30 heavy (non-hydrogen) atoms. The van der Waals surface area contributed by atoms with Crippen molar-refractivity contribution in [2.24, 2.45) is 0 Å². The largest absolute Gasteiger partial charge is 0.348 e. The second-order valence-electron chi connectivity index (χ2n) is 6.74. The first-order valence-electron chi connectivity index (χ1n) is 8.82. The molecule has 13 heteroatoms. The molecule has 2 aromatic rings. The fraction of sp³-hybridized carbons (Fsp3) is 0.353. The molecule has 1 fully saturated rings. The van der Waals surface area contributed by atoms with Gasteiger partial charge in [-0.25, -0.2) is 21.5 Å². The molecule has 1 aromatic carbocycles. The van der Waals surface area contributed by atoms with Crippen LogP contribution in [0, 0.1) is 11.6 Å². The van der Waals surface area contributed by atoms with Crippen LogP contribution in [0.3, 0.4) is 0 Å². The molecule has 0 radical (unpaired) electrons. The second-order valence-corrected chi connectivity index (χ2v) is 9.13. The number of H-pyrrole nitrogens is 1.